The Bertz CT molecular complexity index is 1070. The van der Waals surface area contributed by atoms with Crippen molar-refractivity contribution in [2.24, 2.45) is 0 Å². The van der Waals surface area contributed by atoms with Gasteiger partial charge < -0.3 is 10.1 Å². The Kier molecular flexibility index (Phi) is 4.51. The lowest BCUT2D eigenvalue weighted by molar-refractivity contribution is 0.445. The van der Waals surface area contributed by atoms with Gasteiger partial charge in [-0.1, -0.05) is 18.2 Å². The molecule has 2 aromatic carbocycles. The summed E-state index contributed by atoms with van der Waals surface area (Å²) in [5.74, 6) is 3.19. The van der Waals surface area contributed by atoms with E-state index in [0.29, 0.717) is 5.92 Å². The number of rotatable bonds is 4. The number of fused-ring (bicyclic) bond motifs is 1. The Morgan fingerprint density at radius 1 is 1.00 bits per heavy atom. The fraction of sp³-hybridized carbons (Fsp3) is 0.217. The van der Waals surface area contributed by atoms with Crippen LogP contribution in [0.15, 0.2) is 73.2 Å². The maximum atomic E-state index is 5.91. The summed E-state index contributed by atoms with van der Waals surface area (Å²) < 4.78 is 8.10. The number of nitrogens with zero attached hydrogens (tertiary/aromatic N) is 3. The Balaban J connectivity index is 1.49. The fourth-order valence-corrected chi connectivity index (χ4v) is 3.84. The molecule has 0 aliphatic carbocycles. The molecule has 1 aliphatic rings. The summed E-state index contributed by atoms with van der Waals surface area (Å²) in [6, 6.07) is 17.9. The van der Waals surface area contributed by atoms with Crippen molar-refractivity contribution in [3.63, 3.8) is 0 Å². The van der Waals surface area contributed by atoms with Crippen LogP contribution in [0, 0.1) is 0 Å². The van der Waals surface area contributed by atoms with Crippen LogP contribution in [0.2, 0.25) is 0 Å². The lowest BCUT2D eigenvalue weighted by Crippen LogP contribution is -2.29. The lowest BCUT2D eigenvalue weighted by atomic mass is 9.99. The number of ether oxygens (including phenoxy) is 1. The molecule has 1 aliphatic heterocycles. The van der Waals surface area contributed by atoms with Gasteiger partial charge in [0.2, 0.25) is 0 Å². The maximum absolute atomic E-state index is 5.91. The van der Waals surface area contributed by atoms with Crippen molar-refractivity contribution in [2.45, 2.75) is 18.8 Å². The Labute approximate surface area is 164 Å². The molecule has 0 bridgehead atoms. The predicted molar refractivity (Wildman–Crippen MR) is 110 cm³/mol. The lowest BCUT2D eigenvalue weighted by Gasteiger charge is -2.21. The molecule has 5 nitrogen and oxygen atoms in total. The second-order valence-electron chi connectivity index (χ2n) is 7.13. The van der Waals surface area contributed by atoms with Crippen LogP contribution in [0.25, 0.3) is 16.8 Å². The Morgan fingerprint density at radius 3 is 2.61 bits per heavy atom. The number of nitrogens with one attached hydrogen (secondary N) is 1. The normalized spacial score (nSPS) is 16.9. The van der Waals surface area contributed by atoms with Crippen molar-refractivity contribution in [1.29, 1.82) is 0 Å². The van der Waals surface area contributed by atoms with E-state index in [-0.39, 0.29) is 0 Å². The van der Waals surface area contributed by atoms with Gasteiger partial charge in [-0.05, 0) is 55.8 Å². The molecule has 140 valence electrons. The van der Waals surface area contributed by atoms with E-state index in [1.165, 1.54) is 6.42 Å². The summed E-state index contributed by atoms with van der Waals surface area (Å²) in [6.07, 6.45) is 8.09. The fourth-order valence-electron chi connectivity index (χ4n) is 3.84. The van der Waals surface area contributed by atoms with Gasteiger partial charge in [-0.2, -0.15) is 0 Å². The SMILES string of the molecule is c1ccc(Oc2ccc(-c3nc([C@@H]4CCCNC4)n4ccncc34)cc2)cc1. The first kappa shape index (κ1) is 17.0. The Hall–Kier alpha value is -3.18. The van der Waals surface area contributed by atoms with Crippen molar-refractivity contribution in [1.82, 2.24) is 19.7 Å². The molecule has 4 aromatic rings. The van der Waals surface area contributed by atoms with Gasteiger partial charge in [-0.3, -0.25) is 9.38 Å². The molecule has 0 radical (unpaired) electrons. The average Bonchev–Trinajstić information content (AvgIpc) is 3.15. The zero-order chi connectivity index (χ0) is 18.8. The third-order valence-corrected chi connectivity index (χ3v) is 5.24. The number of benzene rings is 2. The van der Waals surface area contributed by atoms with Crippen molar-refractivity contribution in [3.05, 3.63) is 79.0 Å². The van der Waals surface area contributed by atoms with Crippen LogP contribution in [0.5, 0.6) is 11.5 Å². The van der Waals surface area contributed by atoms with Crippen LogP contribution in [0.3, 0.4) is 0 Å². The van der Waals surface area contributed by atoms with Crippen LogP contribution in [0.4, 0.5) is 0 Å². The van der Waals surface area contributed by atoms with Crippen LogP contribution in [0.1, 0.15) is 24.6 Å². The molecule has 28 heavy (non-hydrogen) atoms. The van der Waals surface area contributed by atoms with Crippen LogP contribution >= 0.6 is 0 Å². The minimum absolute atomic E-state index is 0.429. The molecular weight excluding hydrogens is 348 g/mol. The highest BCUT2D eigenvalue weighted by molar-refractivity contribution is 5.77. The summed E-state index contributed by atoms with van der Waals surface area (Å²) in [7, 11) is 0. The van der Waals surface area contributed by atoms with E-state index >= 15 is 0 Å². The van der Waals surface area contributed by atoms with E-state index in [1.54, 1.807) is 0 Å². The Morgan fingerprint density at radius 2 is 1.82 bits per heavy atom. The number of imidazole rings is 1. The summed E-state index contributed by atoms with van der Waals surface area (Å²) in [5.41, 5.74) is 3.08. The second kappa shape index (κ2) is 7.44. The van der Waals surface area contributed by atoms with E-state index in [2.05, 4.69) is 26.8 Å². The first-order chi connectivity index (χ1) is 13.9. The van der Waals surface area contributed by atoms with Crippen LogP contribution in [-0.2, 0) is 0 Å². The van der Waals surface area contributed by atoms with Gasteiger partial charge in [0.25, 0.3) is 0 Å². The van der Waals surface area contributed by atoms with E-state index in [4.69, 9.17) is 9.72 Å². The smallest absolute Gasteiger partial charge is 0.127 e. The first-order valence-corrected chi connectivity index (χ1v) is 9.74. The molecule has 2 aromatic heterocycles. The van der Waals surface area contributed by atoms with Crippen LogP contribution in [-0.4, -0.2) is 27.5 Å². The number of hydrogen-bond donors (Lipinski definition) is 1. The largest absolute Gasteiger partial charge is 0.457 e. The third-order valence-electron chi connectivity index (χ3n) is 5.24. The highest BCUT2D eigenvalue weighted by Crippen LogP contribution is 2.31. The number of para-hydroxylation sites is 1. The van der Waals surface area contributed by atoms with Crippen molar-refractivity contribution < 1.29 is 4.74 Å². The molecule has 5 heteroatoms. The van der Waals surface area contributed by atoms with E-state index in [0.717, 1.165) is 53.6 Å². The van der Waals surface area contributed by atoms with Gasteiger partial charge in [0.05, 0.1) is 17.4 Å². The third kappa shape index (κ3) is 3.25. The van der Waals surface area contributed by atoms with Gasteiger partial charge >= 0.3 is 0 Å². The molecule has 5 rings (SSSR count). The van der Waals surface area contributed by atoms with E-state index in [1.807, 2.05) is 61.1 Å². The molecule has 1 N–H and O–H groups in total. The molecule has 1 atom stereocenters. The summed E-state index contributed by atoms with van der Waals surface area (Å²) in [5, 5.41) is 3.49. The van der Waals surface area contributed by atoms with Crippen molar-refractivity contribution >= 4 is 5.52 Å². The van der Waals surface area contributed by atoms with Crippen molar-refractivity contribution in [3.8, 4) is 22.8 Å². The van der Waals surface area contributed by atoms with Gasteiger partial charge in [0.15, 0.2) is 0 Å². The van der Waals surface area contributed by atoms with Gasteiger partial charge in [-0.15, -0.1) is 0 Å². The summed E-state index contributed by atoms with van der Waals surface area (Å²) in [6.45, 7) is 2.07. The monoisotopic (exact) mass is 370 g/mol. The molecule has 1 saturated heterocycles. The maximum Gasteiger partial charge on any atom is 0.127 e. The molecule has 3 heterocycles. The first-order valence-electron chi connectivity index (χ1n) is 9.74. The molecule has 0 amide bonds. The molecule has 0 unspecified atom stereocenters. The quantitative estimate of drug-likeness (QED) is 0.568. The average molecular weight is 370 g/mol. The molecule has 0 saturated carbocycles. The highest BCUT2D eigenvalue weighted by atomic mass is 16.5. The number of piperidine rings is 1. The zero-order valence-electron chi connectivity index (χ0n) is 15.6. The topological polar surface area (TPSA) is 51.5 Å². The summed E-state index contributed by atoms with van der Waals surface area (Å²) >= 11 is 0. The summed E-state index contributed by atoms with van der Waals surface area (Å²) in [4.78, 5) is 9.37. The minimum Gasteiger partial charge on any atom is -0.457 e. The van der Waals surface area contributed by atoms with Gasteiger partial charge in [0, 0.05) is 30.4 Å². The molecule has 1 fully saturated rings. The minimum atomic E-state index is 0.429. The zero-order valence-corrected chi connectivity index (χ0v) is 15.6. The van der Waals surface area contributed by atoms with Gasteiger partial charge in [0.1, 0.15) is 17.3 Å². The van der Waals surface area contributed by atoms with E-state index < -0.39 is 0 Å². The number of hydrogen-bond acceptors (Lipinski definition) is 4. The highest BCUT2D eigenvalue weighted by Gasteiger charge is 2.22. The second-order valence-corrected chi connectivity index (χ2v) is 7.13. The predicted octanol–water partition coefficient (Wildman–Crippen LogP) is 4.66. The van der Waals surface area contributed by atoms with Gasteiger partial charge in [-0.25, -0.2) is 4.98 Å². The molecular formula is C23H22N4O. The van der Waals surface area contributed by atoms with E-state index in [9.17, 15) is 0 Å². The molecule has 0 spiro atoms. The number of aromatic nitrogens is 3. The van der Waals surface area contributed by atoms with Crippen molar-refractivity contribution in [2.75, 3.05) is 13.1 Å². The van der Waals surface area contributed by atoms with Crippen LogP contribution < -0.4 is 10.1 Å². The standard InChI is InChI=1S/C23H22N4O/c1-2-6-19(7-3-1)28-20-10-8-17(9-11-20)22-21-16-25-13-14-27(21)23(26-22)18-5-4-12-24-15-18/h1-3,6-11,13-14,16,18,24H,4-5,12,15H2/t18-/m1/s1.